The van der Waals surface area contributed by atoms with E-state index in [1.54, 1.807) is 12.1 Å². The third-order valence-electron chi connectivity index (χ3n) is 3.88. The lowest BCUT2D eigenvalue weighted by Crippen LogP contribution is -2.12. The van der Waals surface area contributed by atoms with Crippen LogP contribution in [0.25, 0.3) is 0 Å². The van der Waals surface area contributed by atoms with Crippen LogP contribution in [0.1, 0.15) is 24.4 Å². The minimum Gasteiger partial charge on any atom is -0.481 e. The first-order chi connectivity index (χ1) is 13.5. The summed E-state index contributed by atoms with van der Waals surface area (Å²) in [7, 11) is 0. The predicted octanol–water partition coefficient (Wildman–Crippen LogP) is 5.83. The van der Waals surface area contributed by atoms with Gasteiger partial charge in [-0.3, -0.25) is 4.57 Å². The maximum atomic E-state index is 13.4. The summed E-state index contributed by atoms with van der Waals surface area (Å²) >= 11 is 7.48. The molecule has 8 heteroatoms. The Labute approximate surface area is 171 Å². The Morgan fingerprint density at radius 3 is 2.71 bits per heavy atom. The molecule has 1 unspecified atom stereocenters. The summed E-state index contributed by atoms with van der Waals surface area (Å²) in [5.74, 6) is 0.784. The van der Waals surface area contributed by atoms with Crippen molar-refractivity contribution in [1.82, 2.24) is 14.8 Å². The van der Waals surface area contributed by atoms with Gasteiger partial charge in [0.1, 0.15) is 17.4 Å². The van der Waals surface area contributed by atoms with Crippen LogP contribution in [0.3, 0.4) is 0 Å². The van der Waals surface area contributed by atoms with E-state index < -0.39 is 11.9 Å². The molecule has 0 N–H and O–H groups in total. The predicted molar refractivity (Wildman–Crippen MR) is 107 cm³/mol. The molecule has 3 aromatic rings. The smallest absolute Gasteiger partial charge is 0.191 e. The number of thioether (sulfide) groups is 1. The highest BCUT2D eigenvalue weighted by Gasteiger charge is 2.20. The van der Waals surface area contributed by atoms with Crippen molar-refractivity contribution in [2.75, 3.05) is 0 Å². The molecule has 146 valence electrons. The van der Waals surface area contributed by atoms with Gasteiger partial charge >= 0.3 is 0 Å². The van der Waals surface area contributed by atoms with E-state index in [-0.39, 0.29) is 10.8 Å². The zero-order chi connectivity index (χ0) is 20.1. The summed E-state index contributed by atoms with van der Waals surface area (Å²) in [5, 5.41) is 9.32. The molecule has 0 aliphatic carbocycles. The van der Waals surface area contributed by atoms with Gasteiger partial charge in [0.05, 0.1) is 5.02 Å². The van der Waals surface area contributed by atoms with E-state index in [1.165, 1.54) is 42.1 Å². The molecular formula is C20H18ClF2N3OS. The molecule has 28 heavy (non-hydrogen) atoms. The van der Waals surface area contributed by atoms with Gasteiger partial charge in [-0.05, 0) is 42.8 Å². The van der Waals surface area contributed by atoms with E-state index in [0.717, 1.165) is 5.56 Å². The Bertz CT molecular complexity index is 980. The Morgan fingerprint density at radius 2 is 2.00 bits per heavy atom. The Hall–Kier alpha value is -2.38. The van der Waals surface area contributed by atoms with Crippen LogP contribution in [-0.4, -0.2) is 14.8 Å². The van der Waals surface area contributed by atoms with Crippen LogP contribution >= 0.6 is 23.4 Å². The molecule has 0 bridgehead atoms. The molecule has 0 spiro atoms. The third kappa shape index (κ3) is 4.91. The van der Waals surface area contributed by atoms with E-state index in [9.17, 15) is 8.78 Å². The fourth-order valence-corrected chi connectivity index (χ4v) is 3.71. The number of allylic oxidation sites excluding steroid dienone is 1. The van der Waals surface area contributed by atoms with Crippen LogP contribution in [0.5, 0.6) is 5.75 Å². The fourth-order valence-electron chi connectivity index (χ4n) is 2.60. The van der Waals surface area contributed by atoms with Gasteiger partial charge in [-0.25, -0.2) is 8.78 Å². The van der Waals surface area contributed by atoms with Crippen LogP contribution in [0.2, 0.25) is 5.02 Å². The van der Waals surface area contributed by atoms with Crippen molar-refractivity contribution in [3.63, 3.8) is 0 Å². The standard InChI is InChI=1S/C20H18ClF2N3OS/c1-3-9-26-19(13(2)27-18-8-7-16(23)11-17(18)21)24-25-20(26)28-12-14-5-4-6-15(22)10-14/h3-8,10-11,13H,1,9,12H2,2H3. The topological polar surface area (TPSA) is 39.9 Å². The molecular weight excluding hydrogens is 404 g/mol. The molecule has 0 aliphatic heterocycles. The number of nitrogens with zero attached hydrogens (tertiary/aromatic N) is 3. The second-order valence-electron chi connectivity index (χ2n) is 5.99. The van der Waals surface area contributed by atoms with Gasteiger partial charge in [-0.2, -0.15) is 0 Å². The number of ether oxygens (including phenoxy) is 1. The maximum absolute atomic E-state index is 13.4. The lowest BCUT2D eigenvalue weighted by atomic mass is 10.2. The van der Waals surface area contributed by atoms with Crippen molar-refractivity contribution in [3.05, 3.63) is 83.2 Å². The first kappa shape index (κ1) is 20.4. The molecule has 1 heterocycles. The Morgan fingerprint density at radius 1 is 1.21 bits per heavy atom. The summed E-state index contributed by atoms with van der Waals surface area (Å²) < 4.78 is 34.3. The van der Waals surface area contributed by atoms with E-state index in [1.807, 2.05) is 17.6 Å². The van der Waals surface area contributed by atoms with E-state index >= 15 is 0 Å². The zero-order valence-electron chi connectivity index (χ0n) is 15.1. The number of aromatic nitrogens is 3. The zero-order valence-corrected chi connectivity index (χ0v) is 16.7. The second-order valence-corrected chi connectivity index (χ2v) is 7.34. The largest absolute Gasteiger partial charge is 0.481 e. The molecule has 2 aromatic carbocycles. The van der Waals surface area contributed by atoms with Crippen molar-refractivity contribution < 1.29 is 13.5 Å². The van der Waals surface area contributed by atoms with Gasteiger partial charge < -0.3 is 4.74 Å². The maximum Gasteiger partial charge on any atom is 0.191 e. The SMILES string of the molecule is C=CCn1c(SCc2cccc(F)c2)nnc1C(C)Oc1ccc(F)cc1Cl. The van der Waals surface area contributed by atoms with Crippen molar-refractivity contribution in [2.24, 2.45) is 0 Å². The van der Waals surface area contributed by atoms with Crippen LogP contribution in [0.4, 0.5) is 8.78 Å². The summed E-state index contributed by atoms with van der Waals surface area (Å²) in [6, 6.07) is 10.4. The van der Waals surface area contributed by atoms with Crippen molar-refractivity contribution in [3.8, 4) is 5.75 Å². The van der Waals surface area contributed by atoms with Crippen LogP contribution in [-0.2, 0) is 12.3 Å². The average molecular weight is 422 g/mol. The lowest BCUT2D eigenvalue weighted by Gasteiger charge is -2.16. The lowest BCUT2D eigenvalue weighted by molar-refractivity contribution is 0.210. The quantitative estimate of drug-likeness (QED) is 0.339. The minimum absolute atomic E-state index is 0.183. The molecule has 1 atom stereocenters. The van der Waals surface area contributed by atoms with E-state index in [4.69, 9.17) is 16.3 Å². The monoisotopic (exact) mass is 421 g/mol. The summed E-state index contributed by atoms with van der Waals surface area (Å²) in [5.41, 5.74) is 0.849. The van der Waals surface area contributed by atoms with Gasteiger partial charge in [-0.15, -0.1) is 16.8 Å². The summed E-state index contributed by atoms with van der Waals surface area (Å²) in [6.07, 6.45) is 1.26. The average Bonchev–Trinajstić information content (AvgIpc) is 3.05. The van der Waals surface area contributed by atoms with Crippen molar-refractivity contribution in [1.29, 1.82) is 0 Å². The summed E-state index contributed by atoms with van der Waals surface area (Å²) in [4.78, 5) is 0. The van der Waals surface area contributed by atoms with Gasteiger partial charge in [0.2, 0.25) is 0 Å². The normalized spacial score (nSPS) is 12.0. The molecule has 3 rings (SSSR count). The molecule has 0 fully saturated rings. The van der Waals surface area contributed by atoms with Crippen LogP contribution < -0.4 is 4.74 Å². The van der Waals surface area contributed by atoms with Gasteiger partial charge in [-0.1, -0.05) is 41.6 Å². The van der Waals surface area contributed by atoms with Gasteiger partial charge in [0.25, 0.3) is 0 Å². The van der Waals surface area contributed by atoms with Crippen LogP contribution in [0, 0.1) is 11.6 Å². The molecule has 1 aromatic heterocycles. The highest BCUT2D eigenvalue weighted by Crippen LogP contribution is 2.31. The first-order valence-corrected chi connectivity index (χ1v) is 9.87. The first-order valence-electron chi connectivity index (χ1n) is 8.51. The number of hydrogen-bond donors (Lipinski definition) is 0. The van der Waals surface area contributed by atoms with Crippen molar-refractivity contribution >= 4 is 23.4 Å². The molecule has 0 aliphatic rings. The number of rotatable bonds is 8. The highest BCUT2D eigenvalue weighted by molar-refractivity contribution is 7.98. The number of benzene rings is 2. The number of hydrogen-bond acceptors (Lipinski definition) is 4. The van der Waals surface area contributed by atoms with Crippen LogP contribution in [0.15, 0.2) is 60.3 Å². The van der Waals surface area contributed by atoms with Gasteiger partial charge in [0.15, 0.2) is 17.1 Å². The minimum atomic E-state index is -0.473. The molecule has 0 amide bonds. The van der Waals surface area contributed by atoms with E-state index in [0.29, 0.717) is 29.0 Å². The van der Waals surface area contributed by atoms with E-state index in [2.05, 4.69) is 16.8 Å². The fraction of sp³-hybridized carbons (Fsp3) is 0.200. The molecule has 4 nitrogen and oxygen atoms in total. The molecule has 0 saturated carbocycles. The van der Waals surface area contributed by atoms with Gasteiger partial charge in [0, 0.05) is 12.3 Å². The Kier molecular flexibility index (Phi) is 6.70. The molecule has 0 saturated heterocycles. The highest BCUT2D eigenvalue weighted by atomic mass is 35.5. The Balaban J connectivity index is 1.78. The number of halogens is 3. The second kappa shape index (κ2) is 9.21. The molecule has 0 radical (unpaired) electrons. The van der Waals surface area contributed by atoms with Crippen molar-refractivity contribution in [2.45, 2.75) is 30.5 Å². The summed E-state index contributed by atoms with van der Waals surface area (Å²) in [6.45, 7) is 6.07. The third-order valence-corrected chi connectivity index (χ3v) is 5.21.